The molecule has 1 nitrogen and oxygen atoms in total. The van der Waals surface area contributed by atoms with E-state index in [1.54, 1.807) is 6.04 Å². The standard InChI is InChI=1S/C8H14N/c1-3-7-4-2-6-9-8(7)5-1/h7,9H,1-6H2. The Labute approximate surface area is 56.8 Å². The second-order valence-corrected chi connectivity index (χ2v) is 3.18. The Morgan fingerprint density at radius 2 is 2.11 bits per heavy atom. The Kier molecular flexibility index (Phi) is 1.46. The van der Waals surface area contributed by atoms with Gasteiger partial charge in [0.25, 0.3) is 0 Å². The molecule has 1 saturated heterocycles. The summed E-state index contributed by atoms with van der Waals surface area (Å²) in [4.78, 5) is 0. The molecule has 2 aliphatic rings. The molecule has 1 N–H and O–H groups in total. The molecule has 1 radical (unpaired) electrons. The third kappa shape index (κ3) is 0.983. The predicted octanol–water partition coefficient (Wildman–Crippen LogP) is 1.70. The van der Waals surface area contributed by atoms with Crippen molar-refractivity contribution in [1.29, 1.82) is 0 Å². The minimum absolute atomic E-state index is 0.971. The van der Waals surface area contributed by atoms with E-state index in [1.807, 2.05) is 0 Å². The lowest BCUT2D eigenvalue weighted by molar-refractivity contribution is 0.403. The normalized spacial score (nSPS) is 36.7. The molecule has 1 aliphatic carbocycles. The first-order valence-corrected chi connectivity index (χ1v) is 4.06. The highest BCUT2D eigenvalue weighted by Crippen LogP contribution is 2.36. The zero-order chi connectivity index (χ0) is 6.10. The van der Waals surface area contributed by atoms with Gasteiger partial charge in [-0.25, -0.2) is 0 Å². The molecular weight excluding hydrogens is 110 g/mol. The van der Waals surface area contributed by atoms with E-state index in [0.717, 1.165) is 5.92 Å². The lowest BCUT2D eigenvalue weighted by Crippen LogP contribution is -2.30. The highest BCUT2D eigenvalue weighted by molar-refractivity contribution is 5.01. The predicted molar refractivity (Wildman–Crippen MR) is 37.8 cm³/mol. The fourth-order valence-corrected chi connectivity index (χ4v) is 2.07. The van der Waals surface area contributed by atoms with Crippen LogP contribution in [0.3, 0.4) is 0 Å². The van der Waals surface area contributed by atoms with Gasteiger partial charge in [-0.2, -0.15) is 0 Å². The molecule has 9 heavy (non-hydrogen) atoms. The summed E-state index contributed by atoms with van der Waals surface area (Å²) in [7, 11) is 0. The number of fused-ring (bicyclic) bond motifs is 1. The Balaban J connectivity index is 1.97. The molecule has 0 aromatic rings. The van der Waals surface area contributed by atoms with Gasteiger partial charge in [0.2, 0.25) is 0 Å². The van der Waals surface area contributed by atoms with Crippen molar-refractivity contribution in [3.8, 4) is 0 Å². The van der Waals surface area contributed by atoms with Crippen molar-refractivity contribution in [2.45, 2.75) is 32.1 Å². The molecule has 1 atom stereocenters. The maximum absolute atomic E-state index is 3.50. The molecule has 0 amide bonds. The van der Waals surface area contributed by atoms with Crippen LogP contribution in [0.25, 0.3) is 0 Å². The SMILES string of the molecule is C1CN[C]2CCCC2C1. The van der Waals surface area contributed by atoms with Crippen LogP contribution in [0.5, 0.6) is 0 Å². The lowest BCUT2D eigenvalue weighted by Gasteiger charge is -2.25. The first-order chi connectivity index (χ1) is 4.47. The molecule has 1 aliphatic heterocycles. The van der Waals surface area contributed by atoms with Crippen LogP contribution in [0.2, 0.25) is 0 Å². The molecule has 51 valence electrons. The van der Waals surface area contributed by atoms with Crippen LogP contribution in [0.4, 0.5) is 0 Å². The highest BCUT2D eigenvalue weighted by atomic mass is 14.9. The van der Waals surface area contributed by atoms with Crippen molar-refractivity contribution in [3.05, 3.63) is 6.04 Å². The van der Waals surface area contributed by atoms with E-state index in [4.69, 9.17) is 0 Å². The van der Waals surface area contributed by atoms with E-state index >= 15 is 0 Å². The molecule has 0 spiro atoms. The van der Waals surface area contributed by atoms with Gasteiger partial charge in [-0.05, 0) is 38.1 Å². The zero-order valence-corrected chi connectivity index (χ0v) is 5.82. The summed E-state index contributed by atoms with van der Waals surface area (Å²) >= 11 is 0. The van der Waals surface area contributed by atoms with E-state index in [9.17, 15) is 0 Å². The van der Waals surface area contributed by atoms with Crippen molar-refractivity contribution >= 4 is 0 Å². The third-order valence-corrected chi connectivity index (χ3v) is 2.57. The third-order valence-electron chi connectivity index (χ3n) is 2.57. The number of piperidine rings is 1. The Hall–Kier alpha value is -0.0400. The molecule has 1 heteroatoms. The summed E-state index contributed by atoms with van der Waals surface area (Å²) in [5.74, 6) is 0.971. The van der Waals surface area contributed by atoms with E-state index in [-0.39, 0.29) is 0 Å². The first-order valence-electron chi connectivity index (χ1n) is 4.06. The van der Waals surface area contributed by atoms with Crippen molar-refractivity contribution in [3.63, 3.8) is 0 Å². The van der Waals surface area contributed by atoms with Crippen molar-refractivity contribution in [2.75, 3.05) is 6.54 Å². The Bertz CT molecular complexity index is 88.7. The fraction of sp³-hybridized carbons (Fsp3) is 0.875. The molecule has 1 saturated carbocycles. The van der Waals surface area contributed by atoms with E-state index < -0.39 is 0 Å². The molecule has 1 unspecified atom stereocenters. The average molecular weight is 124 g/mol. The van der Waals surface area contributed by atoms with Crippen LogP contribution in [-0.4, -0.2) is 6.54 Å². The van der Waals surface area contributed by atoms with E-state index in [1.165, 1.54) is 38.6 Å². The van der Waals surface area contributed by atoms with Gasteiger partial charge in [-0.15, -0.1) is 0 Å². The second kappa shape index (κ2) is 2.30. The number of hydrogen-bond acceptors (Lipinski definition) is 1. The monoisotopic (exact) mass is 124 g/mol. The molecule has 0 aromatic heterocycles. The molecule has 1 heterocycles. The molecule has 2 fully saturated rings. The maximum Gasteiger partial charge on any atom is 0.0395 e. The van der Waals surface area contributed by atoms with Crippen LogP contribution in [-0.2, 0) is 0 Å². The maximum atomic E-state index is 3.50. The molecule has 0 aromatic carbocycles. The molecule has 0 bridgehead atoms. The minimum Gasteiger partial charge on any atom is -0.309 e. The summed E-state index contributed by atoms with van der Waals surface area (Å²) in [6.45, 7) is 1.24. The van der Waals surface area contributed by atoms with Gasteiger partial charge >= 0.3 is 0 Å². The largest absolute Gasteiger partial charge is 0.309 e. The van der Waals surface area contributed by atoms with Crippen molar-refractivity contribution in [1.82, 2.24) is 5.32 Å². The summed E-state index contributed by atoms with van der Waals surface area (Å²) in [5.41, 5.74) is 0. The summed E-state index contributed by atoms with van der Waals surface area (Å²) < 4.78 is 0. The molecule has 2 rings (SSSR count). The minimum atomic E-state index is 0.971. The van der Waals surface area contributed by atoms with Crippen molar-refractivity contribution in [2.24, 2.45) is 5.92 Å². The van der Waals surface area contributed by atoms with Crippen LogP contribution in [0.1, 0.15) is 32.1 Å². The number of nitrogens with one attached hydrogen (secondary N) is 1. The topological polar surface area (TPSA) is 12.0 Å². The van der Waals surface area contributed by atoms with Gasteiger partial charge in [0.05, 0.1) is 0 Å². The van der Waals surface area contributed by atoms with Crippen LogP contribution < -0.4 is 5.32 Å². The van der Waals surface area contributed by atoms with Crippen molar-refractivity contribution < 1.29 is 0 Å². The Morgan fingerprint density at radius 1 is 1.22 bits per heavy atom. The summed E-state index contributed by atoms with van der Waals surface area (Å²) in [6, 6.07) is 1.67. The van der Waals surface area contributed by atoms with Gasteiger partial charge in [0, 0.05) is 6.04 Å². The van der Waals surface area contributed by atoms with E-state index in [0.29, 0.717) is 0 Å². The Morgan fingerprint density at radius 3 is 3.00 bits per heavy atom. The van der Waals surface area contributed by atoms with Gasteiger partial charge in [0.1, 0.15) is 0 Å². The van der Waals surface area contributed by atoms with Gasteiger partial charge < -0.3 is 5.32 Å². The number of hydrogen-bond donors (Lipinski definition) is 1. The smallest absolute Gasteiger partial charge is 0.0395 e. The van der Waals surface area contributed by atoms with Gasteiger partial charge in [-0.3, -0.25) is 0 Å². The lowest BCUT2D eigenvalue weighted by atomic mass is 9.94. The highest BCUT2D eigenvalue weighted by Gasteiger charge is 2.29. The van der Waals surface area contributed by atoms with Crippen LogP contribution in [0.15, 0.2) is 0 Å². The quantitative estimate of drug-likeness (QED) is 0.518. The summed E-state index contributed by atoms with van der Waals surface area (Å²) in [5, 5.41) is 3.50. The fourth-order valence-electron chi connectivity index (χ4n) is 2.07. The molecular formula is C8H14N. The van der Waals surface area contributed by atoms with E-state index in [2.05, 4.69) is 5.32 Å². The first kappa shape index (κ1) is 5.72. The van der Waals surface area contributed by atoms with Gasteiger partial charge in [-0.1, -0.05) is 6.42 Å². The number of rotatable bonds is 0. The van der Waals surface area contributed by atoms with Crippen LogP contribution in [0, 0.1) is 12.0 Å². The van der Waals surface area contributed by atoms with Gasteiger partial charge in [0.15, 0.2) is 0 Å². The average Bonchev–Trinajstić information content (AvgIpc) is 2.33. The summed E-state index contributed by atoms with van der Waals surface area (Å²) in [6.07, 6.45) is 7.12. The zero-order valence-electron chi connectivity index (χ0n) is 5.82. The second-order valence-electron chi connectivity index (χ2n) is 3.18. The van der Waals surface area contributed by atoms with Crippen LogP contribution >= 0.6 is 0 Å².